The van der Waals surface area contributed by atoms with Crippen LogP contribution < -0.4 is 14.8 Å². The van der Waals surface area contributed by atoms with Crippen LogP contribution >= 0.6 is 0 Å². The molecule has 11 nitrogen and oxygen atoms in total. The van der Waals surface area contributed by atoms with Crippen molar-refractivity contribution in [3.05, 3.63) is 23.8 Å². The lowest BCUT2D eigenvalue weighted by Crippen LogP contribution is -2.59. The maximum atomic E-state index is 12.6. The molecule has 0 fully saturated rings. The lowest BCUT2D eigenvalue weighted by atomic mass is 10.00. The van der Waals surface area contributed by atoms with E-state index < -0.39 is 41.2 Å². The zero-order valence-electron chi connectivity index (χ0n) is 25.2. The number of rotatable bonds is 13. The fourth-order valence-corrected chi connectivity index (χ4v) is 3.40. The molecule has 1 aromatic carbocycles. The number of ether oxygens (including phenoxy) is 5. The van der Waals surface area contributed by atoms with Crippen LogP contribution in [0.5, 0.6) is 11.5 Å². The van der Waals surface area contributed by atoms with E-state index in [4.69, 9.17) is 23.7 Å². The van der Waals surface area contributed by atoms with Gasteiger partial charge in [0, 0.05) is 18.9 Å². The maximum absolute atomic E-state index is 12.6. The molecule has 0 aliphatic heterocycles. The number of carbonyl (C=O) groups excluding carboxylic acids is 3. The number of carboxylic acids is 1. The lowest BCUT2D eigenvalue weighted by molar-refractivity contribution is -0.184. The Morgan fingerprint density at radius 2 is 1.40 bits per heavy atom. The van der Waals surface area contributed by atoms with Crippen molar-refractivity contribution in [2.45, 2.75) is 124 Å². The van der Waals surface area contributed by atoms with Gasteiger partial charge in [-0.3, -0.25) is 10.1 Å². The summed E-state index contributed by atoms with van der Waals surface area (Å²) in [6.45, 7) is 15.6. The molecule has 11 heteroatoms. The molecule has 0 amide bonds. The number of hydrogen-bond donors (Lipinski definition) is 2. The predicted molar refractivity (Wildman–Crippen MR) is 147 cm³/mol. The first-order valence-electron chi connectivity index (χ1n) is 13.6. The highest BCUT2D eigenvalue weighted by Gasteiger charge is 2.44. The average molecular weight is 568 g/mol. The Balaban J connectivity index is 3.46. The minimum absolute atomic E-state index is 0.0702. The normalized spacial score (nSPS) is 13.9. The zero-order valence-corrected chi connectivity index (χ0v) is 25.2. The predicted octanol–water partition coefficient (Wildman–Crippen LogP) is 6.15. The number of benzene rings is 1. The van der Waals surface area contributed by atoms with Crippen LogP contribution in [-0.2, 0) is 30.2 Å². The van der Waals surface area contributed by atoms with E-state index in [0.717, 1.165) is 12.8 Å². The molecule has 40 heavy (non-hydrogen) atoms. The van der Waals surface area contributed by atoms with Crippen LogP contribution in [-0.4, -0.2) is 52.3 Å². The van der Waals surface area contributed by atoms with Gasteiger partial charge in [-0.25, -0.2) is 14.4 Å². The van der Waals surface area contributed by atoms with Gasteiger partial charge in [0.25, 0.3) is 5.72 Å². The summed E-state index contributed by atoms with van der Waals surface area (Å²) in [5.41, 5.74) is -3.50. The fourth-order valence-electron chi connectivity index (χ4n) is 3.40. The third-order valence-electron chi connectivity index (χ3n) is 5.34. The number of unbranched alkanes of at least 4 members (excludes halogenated alkanes) is 2. The maximum Gasteiger partial charge on any atom is 0.514 e. The Labute approximate surface area is 236 Å². The summed E-state index contributed by atoms with van der Waals surface area (Å²) < 4.78 is 26.6. The van der Waals surface area contributed by atoms with Gasteiger partial charge in [0.2, 0.25) is 0 Å². The second-order valence-corrected chi connectivity index (χ2v) is 11.6. The smallest absolute Gasteiger partial charge is 0.477 e. The number of hydrogen-bond acceptors (Lipinski definition) is 10. The van der Waals surface area contributed by atoms with E-state index in [1.165, 1.54) is 18.2 Å². The molecule has 0 heterocycles. The van der Waals surface area contributed by atoms with Crippen molar-refractivity contribution in [1.82, 2.24) is 5.32 Å². The highest BCUT2D eigenvalue weighted by molar-refractivity contribution is 5.82. The Morgan fingerprint density at radius 3 is 1.88 bits per heavy atom. The van der Waals surface area contributed by atoms with Gasteiger partial charge in [-0.2, -0.15) is 0 Å². The first-order chi connectivity index (χ1) is 18.4. The third kappa shape index (κ3) is 12.7. The molecule has 1 rings (SSSR count). The van der Waals surface area contributed by atoms with Crippen LogP contribution in [0.25, 0.3) is 0 Å². The van der Waals surface area contributed by atoms with E-state index in [0.29, 0.717) is 18.4 Å². The second-order valence-electron chi connectivity index (χ2n) is 11.6. The van der Waals surface area contributed by atoms with E-state index in [9.17, 15) is 24.3 Å². The van der Waals surface area contributed by atoms with E-state index >= 15 is 0 Å². The van der Waals surface area contributed by atoms with Gasteiger partial charge in [-0.1, -0.05) is 32.8 Å². The van der Waals surface area contributed by atoms with Gasteiger partial charge in [0.05, 0.1) is 0 Å². The van der Waals surface area contributed by atoms with Crippen molar-refractivity contribution in [1.29, 1.82) is 0 Å². The third-order valence-corrected chi connectivity index (χ3v) is 5.34. The molecule has 0 spiro atoms. The SMILES string of the molecule is CCCCCC(=O)O[C@](Cc1ccc(OC(=O)OC(C)(C)C)c(OC(=O)OC(C)(C)C)c1)(NC(C)CC)C(=O)O. The van der Waals surface area contributed by atoms with Gasteiger partial charge in [-0.05, 0) is 79.0 Å². The molecule has 2 atom stereocenters. The first-order valence-corrected chi connectivity index (χ1v) is 13.6. The van der Waals surface area contributed by atoms with Crippen molar-refractivity contribution in [2.24, 2.45) is 0 Å². The number of aliphatic carboxylic acids is 1. The summed E-state index contributed by atoms with van der Waals surface area (Å²) in [4.78, 5) is 50.0. The minimum atomic E-state index is -2.10. The molecule has 0 radical (unpaired) electrons. The van der Waals surface area contributed by atoms with Gasteiger partial charge in [0.15, 0.2) is 11.5 Å². The Hall–Kier alpha value is -3.34. The molecule has 0 aliphatic rings. The van der Waals surface area contributed by atoms with E-state index in [2.05, 4.69) is 5.32 Å². The number of carboxylic acid groups (broad SMARTS) is 1. The van der Waals surface area contributed by atoms with Crippen LogP contribution in [0.2, 0.25) is 0 Å². The van der Waals surface area contributed by atoms with Crippen molar-refractivity contribution >= 4 is 24.2 Å². The van der Waals surface area contributed by atoms with Gasteiger partial charge < -0.3 is 28.8 Å². The molecular weight excluding hydrogens is 522 g/mol. The second kappa shape index (κ2) is 14.9. The summed E-state index contributed by atoms with van der Waals surface area (Å²) in [5.74, 6) is -2.41. The van der Waals surface area contributed by atoms with E-state index in [1.807, 2.05) is 13.8 Å². The largest absolute Gasteiger partial charge is 0.514 e. The van der Waals surface area contributed by atoms with Crippen LogP contribution in [0.1, 0.15) is 100.0 Å². The molecule has 0 saturated carbocycles. The fraction of sp³-hybridized carbons (Fsp3) is 0.655. The minimum Gasteiger partial charge on any atom is -0.477 e. The molecule has 2 N–H and O–H groups in total. The Bertz CT molecular complexity index is 1020. The number of esters is 1. The van der Waals surface area contributed by atoms with E-state index in [1.54, 1.807) is 48.5 Å². The summed E-state index contributed by atoms with van der Waals surface area (Å²) in [7, 11) is 0. The van der Waals surface area contributed by atoms with Crippen LogP contribution in [0, 0.1) is 0 Å². The summed E-state index contributed by atoms with van der Waals surface area (Å²) in [6.07, 6.45) is 0.484. The standard InChI is InChI=1S/C29H45NO10/c1-10-12-13-14-23(31)38-29(24(32)33,30-19(3)11-2)18-20-15-16-21(36-25(34)39-27(4,5)6)22(17-20)37-26(35)40-28(7,8)9/h15-17,19,30H,10-14,18H2,1-9H3,(H,32,33)/t19?,29-/m0/s1. The molecule has 1 aromatic rings. The molecule has 0 saturated heterocycles. The van der Waals surface area contributed by atoms with Gasteiger partial charge in [-0.15, -0.1) is 0 Å². The summed E-state index contributed by atoms with van der Waals surface area (Å²) in [5, 5.41) is 13.2. The molecule has 1 unspecified atom stereocenters. The lowest BCUT2D eigenvalue weighted by Gasteiger charge is -2.33. The van der Waals surface area contributed by atoms with E-state index in [-0.39, 0.29) is 30.4 Å². The highest BCUT2D eigenvalue weighted by Crippen LogP contribution is 2.32. The van der Waals surface area contributed by atoms with Gasteiger partial charge in [0.1, 0.15) is 11.2 Å². The molecule has 0 aliphatic carbocycles. The van der Waals surface area contributed by atoms with Crippen molar-refractivity contribution < 1.29 is 48.0 Å². The molecule has 0 aromatic heterocycles. The number of carbonyl (C=O) groups is 4. The molecule has 0 bridgehead atoms. The van der Waals surface area contributed by atoms with Crippen molar-refractivity contribution in [3.8, 4) is 11.5 Å². The average Bonchev–Trinajstić information content (AvgIpc) is 2.78. The van der Waals surface area contributed by atoms with Crippen LogP contribution in [0.4, 0.5) is 9.59 Å². The summed E-state index contributed by atoms with van der Waals surface area (Å²) >= 11 is 0. The molecular formula is C29H45NO10. The monoisotopic (exact) mass is 567 g/mol. The molecule has 226 valence electrons. The van der Waals surface area contributed by atoms with Crippen LogP contribution in [0.3, 0.4) is 0 Å². The quantitative estimate of drug-likeness (QED) is 0.0930. The first kappa shape index (κ1) is 34.7. The number of nitrogens with one attached hydrogen (secondary N) is 1. The summed E-state index contributed by atoms with van der Waals surface area (Å²) in [6, 6.07) is 3.82. The topological polar surface area (TPSA) is 147 Å². The highest BCUT2D eigenvalue weighted by atomic mass is 16.8. The van der Waals surface area contributed by atoms with Gasteiger partial charge >= 0.3 is 24.2 Å². The van der Waals surface area contributed by atoms with Crippen molar-refractivity contribution in [2.75, 3.05) is 0 Å². The van der Waals surface area contributed by atoms with Crippen LogP contribution in [0.15, 0.2) is 18.2 Å². The zero-order chi connectivity index (χ0) is 30.7. The Kier molecular flexibility index (Phi) is 12.9. The van der Waals surface area contributed by atoms with Crippen molar-refractivity contribution in [3.63, 3.8) is 0 Å². The Morgan fingerprint density at radius 1 is 0.850 bits per heavy atom.